The molecule has 6 heteroatoms. The predicted octanol–water partition coefficient (Wildman–Crippen LogP) is 2.15. The minimum absolute atomic E-state index is 0.142. The third-order valence-corrected chi connectivity index (χ3v) is 2.82. The van der Waals surface area contributed by atoms with E-state index in [4.69, 9.17) is 4.74 Å². The van der Waals surface area contributed by atoms with Gasteiger partial charge < -0.3 is 10.1 Å². The van der Waals surface area contributed by atoms with Gasteiger partial charge in [0.1, 0.15) is 5.75 Å². The van der Waals surface area contributed by atoms with Gasteiger partial charge in [-0.15, -0.1) is 0 Å². The summed E-state index contributed by atoms with van der Waals surface area (Å²) in [4.78, 5) is 22.7. The molecule has 20 heavy (non-hydrogen) atoms. The molecule has 0 unspecified atom stereocenters. The number of nitrogens with one attached hydrogen (secondary N) is 2. The van der Waals surface area contributed by atoms with Gasteiger partial charge in [0.15, 0.2) is 0 Å². The smallest absolute Gasteiger partial charge is 0.302 e. The van der Waals surface area contributed by atoms with Gasteiger partial charge in [-0.05, 0) is 18.2 Å². The number of hydrogen-bond donors (Lipinski definition) is 2. The number of ether oxygens (including phenoxy) is 1. The summed E-state index contributed by atoms with van der Waals surface area (Å²) in [5.74, 6) is 0.586. The van der Waals surface area contributed by atoms with E-state index in [0.717, 1.165) is 5.69 Å². The molecule has 0 amide bonds. The Bertz CT molecular complexity index is 813. The fourth-order valence-corrected chi connectivity index (χ4v) is 1.84. The molecule has 3 aromatic rings. The maximum Gasteiger partial charge on any atom is 0.302 e. The normalized spacial score (nSPS) is 10.4. The fourth-order valence-electron chi connectivity index (χ4n) is 1.84. The van der Waals surface area contributed by atoms with Gasteiger partial charge in [-0.3, -0.25) is 14.8 Å². The van der Waals surface area contributed by atoms with Crippen LogP contribution in [-0.2, 0) is 0 Å². The molecule has 2 aromatic heterocycles. The first-order chi connectivity index (χ1) is 9.76. The van der Waals surface area contributed by atoms with Crippen LogP contribution in [0.4, 0.5) is 5.69 Å². The third kappa shape index (κ3) is 2.31. The molecule has 0 atom stereocenters. The molecule has 0 spiro atoms. The maximum atomic E-state index is 11.9. The molecule has 0 aliphatic carbocycles. The number of fused-ring (bicyclic) bond motifs is 1. The number of H-pyrrole nitrogens is 1. The first-order valence-corrected chi connectivity index (χ1v) is 6.06. The molecule has 0 radical (unpaired) electrons. The Morgan fingerprint density at radius 3 is 3.05 bits per heavy atom. The van der Waals surface area contributed by atoms with E-state index in [1.54, 1.807) is 18.3 Å². The lowest BCUT2D eigenvalue weighted by Crippen LogP contribution is -2.09. The van der Waals surface area contributed by atoms with Gasteiger partial charge in [0.25, 0.3) is 5.56 Å². The summed E-state index contributed by atoms with van der Waals surface area (Å²) >= 11 is 0. The van der Waals surface area contributed by atoms with Crippen molar-refractivity contribution in [3.8, 4) is 11.8 Å². The number of anilines is 1. The third-order valence-electron chi connectivity index (χ3n) is 2.82. The first kappa shape index (κ1) is 12.2. The van der Waals surface area contributed by atoms with E-state index in [1.807, 2.05) is 25.2 Å². The van der Waals surface area contributed by atoms with Crippen molar-refractivity contribution in [2.75, 3.05) is 12.4 Å². The van der Waals surface area contributed by atoms with Crippen molar-refractivity contribution in [2.45, 2.75) is 0 Å². The van der Waals surface area contributed by atoms with Crippen molar-refractivity contribution < 1.29 is 4.74 Å². The van der Waals surface area contributed by atoms with Crippen LogP contribution in [0.2, 0.25) is 0 Å². The van der Waals surface area contributed by atoms with Crippen LogP contribution in [0.1, 0.15) is 0 Å². The van der Waals surface area contributed by atoms with Crippen LogP contribution in [0, 0.1) is 0 Å². The summed E-state index contributed by atoms with van der Waals surface area (Å²) < 4.78 is 5.58. The Morgan fingerprint density at radius 1 is 1.30 bits per heavy atom. The van der Waals surface area contributed by atoms with Gasteiger partial charge in [0, 0.05) is 25.0 Å². The van der Waals surface area contributed by atoms with E-state index in [0.29, 0.717) is 16.7 Å². The summed E-state index contributed by atoms with van der Waals surface area (Å²) in [6.45, 7) is 0. The van der Waals surface area contributed by atoms with Crippen molar-refractivity contribution in [2.24, 2.45) is 0 Å². The molecule has 0 fully saturated rings. The molecule has 3 rings (SSSR count). The van der Waals surface area contributed by atoms with Crippen molar-refractivity contribution in [1.29, 1.82) is 0 Å². The summed E-state index contributed by atoms with van der Waals surface area (Å²) in [5.41, 5.74) is 1.15. The Balaban J connectivity index is 2.00. The minimum Gasteiger partial charge on any atom is -0.425 e. The molecule has 0 saturated carbocycles. The van der Waals surface area contributed by atoms with E-state index in [-0.39, 0.29) is 11.6 Å². The summed E-state index contributed by atoms with van der Waals surface area (Å²) in [6.07, 6.45) is 3.08. The second-order valence-electron chi connectivity index (χ2n) is 4.14. The Hall–Kier alpha value is -2.89. The monoisotopic (exact) mass is 268 g/mol. The van der Waals surface area contributed by atoms with Gasteiger partial charge in [-0.1, -0.05) is 6.07 Å². The van der Waals surface area contributed by atoms with Crippen molar-refractivity contribution in [3.05, 3.63) is 53.1 Å². The molecular formula is C14H12N4O2. The van der Waals surface area contributed by atoms with Crippen LogP contribution < -0.4 is 15.6 Å². The standard InChI is InChI=1S/C14H12N4O2/c1-15-9-3-2-4-10(7-9)20-14-17-12-8-16-6-5-11(12)13(19)18-14/h2-8,15H,1H3,(H,17,18,19). The van der Waals surface area contributed by atoms with Crippen LogP contribution >= 0.6 is 0 Å². The summed E-state index contributed by atoms with van der Waals surface area (Å²) in [6, 6.07) is 9.12. The van der Waals surface area contributed by atoms with Crippen LogP contribution in [0.15, 0.2) is 47.5 Å². The van der Waals surface area contributed by atoms with E-state index in [2.05, 4.69) is 20.3 Å². The van der Waals surface area contributed by atoms with Crippen LogP contribution in [0.25, 0.3) is 10.9 Å². The van der Waals surface area contributed by atoms with Crippen LogP contribution in [-0.4, -0.2) is 22.0 Å². The van der Waals surface area contributed by atoms with Crippen molar-refractivity contribution >= 4 is 16.6 Å². The van der Waals surface area contributed by atoms with Gasteiger partial charge in [-0.25, -0.2) is 0 Å². The molecule has 6 nitrogen and oxygen atoms in total. The highest BCUT2D eigenvalue weighted by molar-refractivity contribution is 5.76. The van der Waals surface area contributed by atoms with Gasteiger partial charge in [0.05, 0.1) is 17.1 Å². The van der Waals surface area contributed by atoms with Crippen LogP contribution in [0.3, 0.4) is 0 Å². The van der Waals surface area contributed by atoms with E-state index < -0.39 is 0 Å². The zero-order chi connectivity index (χ0) is 13.9. The second kappa shape index (κ2) is 5.00. The number of nitrogens with zero attached hydrogens (tertiary/aromatic N) is 2. The fraction of sp³-hybridized carbons (Fsp3) is 0.0714. The lowest BCUT2D eigenvalue weighted by Gasteiger charge is -2.06. The Kier molecular flexibility index (Phi) is 3.04. The van der Waals surface area contributed by atoms with Gasteiger partial charge in [0.2, 0.25) is 0 Å². The Morgan fingerprint density at radius 2 is 2.20 bits per heavy atom. The van der Waals surface area contributed by atoms with E-state index in [9.17, 15) is 4.79 Å². The van der Waals surface area contributed by atoms with Gasteiger partial charge in [-0.2, -0.15) is 4.98 Å². The number of aromatic amines is 1. The highest BCUT2D eigenvalue weighted by atomic mass is 16.5. The SMILES string of the molecule is CNc1cccc(Oc2nc3cnccc3c(=O)[nH]2)c1. The maximum absolute atomic E-state index is 11.9. The number of aromatic nitrogens is 3. The number of hydrogen-bond acceptors (Lipinski definition) is 5. The van der Waals surface area contributed by atoms with Crippen molar-refractivity contribution in [3.63, 3.8) is 0 Å². The summed E-state index contributed by atoms with van der Waals surface area (Å²) in [5, 5.41) is 3.49. The topological polar surface area (TPSA) is 79.9 Å². The largest absolute Gasteiger partial charge is 0.425 e. The van der Waals surface area contributed by atoms with Crippen LogP contribution in [0.5, 0.6) is 11.8 Å². The molecule has 1 aromatic carbocycles. The molecule has 100 valence electrons. The molecule has 0 saturated heterocycles. The lowest BCUT2D eigenvalue weighted by molar-refractivity contribution is 0.443. The minimum atomic E-state index is -0.253. The highest BCUT2D eigenvalue weighted by Gasteiger charge is 2.05. The zero-order valence-corrected chi connectivity index (χ0v) is 10.8. The van der Waals surface area contributed by atoms with Gasteiger partial charge >= 0.3 is 6.01 Å². The summed E-state index contributed by atoms with van der Waals surface area (Å²) in [7, 11) is 1.82. The van der Waals surface area contributed by atoms with E-state index >= 15 is 0 Å². The molecule has 0 bridgehead atoms. The quantitative estimate of drug-likeness (QED) is 0.760. The molecule has 0 aliphatic heterocycles. The highest BCUT2D eigenvalue weighted by Crippen LogP contribution is 2.21. The zero-order valence-electron chi connectivity index (χ0n) is 10.8. The van der Waals surface area contributed by atoms with E-state index in [1.165, 1.54) is 6.20 Å². The molecule has 2 N–H and O–H groups in total. The molecule has 2 heterocycles. The predicted molar refractivity (Wildman–Crippen MR) is 76.2 cm³/mol. The second-order valence-corrected chi connectivity index (χ2v) is 4.14. The lowest BCUT2D eigenvalue weighted by atomic mass is 10.3. The number of rotatable bonds is 3. The van der Waals surface area contributed by atoms with Crippen molar-refractivity contribution in [1.82, 2.24) is 15.0 Å². The average Bonchev–Trinajstić information content (AvgIpc) is 2.47. The Labute approximate surface area is 114 Å². The molecule has 0 aliphatic rings. The molecular weight excluding hydrogens is 256 g/mol. The first-order valence-electron chi connectivity index (χ1n) is 6.06. The number of benzene rings is 1. The number of pyridine rings is 1. The average molecular weight is 268 g/mol.